The van der Waals surface area contributed by atoms with E-state index in [9.17, 15) is 27.6 Å². The number of nitrogens with two attached hydrogens (primary N) is 1. The quantitative estimate of drug-likeness (QED) is 0.139. The lowest BCUT2D eigenvalue weighted by atomic mass is 10.0. The Hall–Kier alpha value is -4.85. The summed E-state index contributed by atoms with van der Waals surface area (Å²) in [5, 5.41) is 11.5. The van der Waals surface area contributed by atoms with Gasteiger partial charge in [0.2, 0.25) is 0 Å². The molecule has 0 unspecified atom stereocenters. The smallest absolute Gasteiger partial charge is 0.444 e. The molecule has 1 atom stereocenters. The summed E-state index contributed by atoms with van der Waals surface area (Å²) < 4.78 is 46.7. The molecule has 11 heteroatoms. The van der Waals surface area contributed by atoms with Gasteiger partial charge < -0.3 is 20.5 Å². The summed E-state index contributed by atoms with van der Waals surface area (Å²) >= 11 is 0. The molecule has 0 aromatic heterocycles. The van der Waals surface area contributed by atoms with Gasteiger partial charge in [-0.1, -0.05) is 42.2 Å². The molecule has 0 aliphatic heterocycles. The van der Waals surface area contributed by atoms with Gasteiger partial charge in [-0.15, -0.1) is 0 Å². The molecule has 0 radical (unpaired) electrons. The molecule has 0 saturated carbocycles. The number of amides is 1. The number of carbonyl (C=O) groups is 3. The Bertz CT molecular complexity index is 1510. The highest BCUT2D eigenvalue weighted by molar-refractivity contribution is 5.99. The fourth-order valence-corrected chi connectivity index (χ4v) is 3.46. The van der Waals surface area contributed by atoms with E-state index in [0.717, 1.165) is 16.3 Å². The van der Waals surface area contributed by atoms with Crippen molar-refractivity contribution < 1.29 is 37.0 Å². The molecule has 0 bridgehead atoms. The first-order valence-corrected chi connectivity index (χ1v) is 11.9. The first-order chi connectivity index (χ1) is 18.6. The largest absolute Gasteiger partial charge is 0.491 e. The molecule has 208 valence electrons. The van der Waals surface area contributed by atoms with Crippen LogP contribution in [0.4, 0.5) is 18.0 Å². The van der Waals surface area contributed by atoms with Gasteiger partial charge in [0.15, 0.2) is 0 Å². The van der Waals surface area contributed by atoms with Gasteiger partial charge in [0.1, 0.15) is 17.5 Å². The van der Waals surface area contributed by atoms with Crippen LogP contribution in [-0.2, 0) is 25.5 Å². The van der Waals surface area contributed by atoms with Crippen LogP contribution in [-0.4, -0.2) is 41.7 Å². The van der Waals surface area contributed by atoms with Crippen LogP contribution >= 0.6 is 0 Å². The summed E-state index contributed by atoms with van der Waals surface area (Å²) in [4.78, 5) is 35.6. The van der Waals surface area contributed by atoms with Gasteiger partial charge in [0.05, 0.1) is 0 Å². The minimum absolute atomic E-state index is 0.0205. The van der Waals surface area contributed by atoms with E-state index in [2.05, 4.69) is 21.9 Å². The summed E-state index contributed by atoms with van der Waals surface area (Å²) in [7, 11) is 0. The van der Waals surface area contributed by atoms with E-state index in [4.69, 9.17) is 15.9 Å². The number of esters is 2. The molecule has 4 N–H and O–H groups in total. The maximum Gasteiger partial charge on any atom is 0.491 e. The topological polar surface area (TPSA) is 132 Å². The second-order valence-electron chi connectivity index (χ2n) is 9.75. The monoisotopic (exact) mass is 553 g/mol. The normalized spacial score (nSPS) is 12.1. The number of alkyl halides is 3. The third kappa shape index (κ3) is 8.59. The van der Waals surface area contributed by atoms with Crippen molar-refractivity contribution in [1.82, 2.24) is 5.32 Å². The molecule has 40 heavy (non-hydrogen) atoms. The molecule has 1 amide bonds. The number of hydrogen-bond acceptors (Lipinski definition) is 6. The summed E-state index contributed by atoms with van der Waals surface area (Å²) in [6.45, 7) is 4.69. The van der Waals surface area contributed by atoms with Gasteiger partial charge in [-0.25, -0.2) is 14.4 Å². The summed E-state index contributed by atoms with van der Waals surface area (Å²) in [5.41, 5.74) is 7.02. The van der Waals surface area contributed by atoms with Crippen molar-refractivity contribution in [2.45, 2.75) is 45.0 Å². The Morgan fingerprint density at radius 2 is 1.50 bits per heavy atom. The number of fused-ring (bicyclic) bond motifs is 1. The minimum atomic E-state index is -5.38. The Morgan fingerprint density at radius 1 is 0.925 bits per heavy atom. The van der Waals surface area contributed by atoms with Crippen LogP contribution in [0.3, 0.4) is 0 Å². The number of carbonyl (C=O) groups excluding carboxylic acids is 3. The van der Waals surface area contributed by atoms with Gasteiger partial charge in [-0.05, 0) is 67.4 Å². The molecular formula is C29H26F3N3O5. The van der Waals surface area contributed by atoms with Crippen molar-refractivity contribution in [3.63, 3.8) is 0 Å². The van der Waals surface area contributed by atoms with Crippen LogP contribution in [0.25, 0.3) is 10.8 Å². The van der Waals surface area contributed by atoms with Crippen molar-refractivity contribution in [2.75, 3.05) is 0 Å². The maximum absolute atomic E-state index is 12.6. The fraction of sp³-hybridized carbons (Fsp3) is 0.241. The minimum Gasteiger partial charge on any atom is -0.444 e. The van der Waals surface area contributed by atoms with Gasteiger partial charge in [0.25, 0.3) is 0 Å². The van der Waals surface area contributed by atoms with Crippen molar-refractivity contribution in [3.8, 4) is 11.8 Å². The second-order valence-corrected chi connectivity index (χ2v) is 9.75. The number of amidine groups is 1. The predicted octanol–water partition coefficient (Wildman–Crippen LogP) is 4.59. The molecule has 8 nitrogen and oxygen atoms in total. The van der Waals surface area contributed by atoms with Crippen LogP contribution in [0.2, 0.25) is 0 Å². The van der Waals surface area contributed by atoms with E-state index in [1.807, 2.05) is 30.3 Å². The second kappa shape index (κ2) is 11.9. The van der Waals surface area contributed by atoms with Crippen molar-refractivity contribution in [3.05, 3.63) is 82.9 Å². The van der Waals surface area contributed by atoms with Gasteiger partial charge in [-0.3, -0.25) is 5.41 Å². The number of hydrogen-bond donors (Lipinski definition) is 3. The number of nitrogens with one attached hydrogen (secondary N) is 2. The zero-order valence-electron chi connectivity index (χ0n) is 21.8. The average Bonchev–Trinajstić information content (AvgIpc) is 2.85. The Kier molecular flexibility index (Phi) is 8.84. The lowest BCUT2D eigenvalue weighted by molar-refractivity contribution is -0.202. The van der Waals surface area contributed by atoms with E-state index in [1.54, 1.807) is 51.1 Å². The zero-order valence-corrected chi connectivity index (χ0v) is 21.8. The molecule has 0 spiro atoms. The number of benzene rings is 3. The van der Waals surface area contributed by atoms with Gasteiger partial charge in [-0.2, -0.15) is 13.2 Å². The molecule has 0 aliphatic carbocycles. The van der Waals surface area contributed by atoms with Crippen LogP contribution in [0.5, 0.6) is 0 Å². The van der Waals surface area contributed by atoms with Crippen LogP contribution < -0.4 is 11.1 Å². The number of rotatable bonds is 5. The van der Waals surface area contributed by atoms with E-state index in [1.165, 1.54) is 0 Å². The van der Waals surface area contributed by atoms with E-state index >= 15 is 0 Å². The van der Waals surface area contributed by atoms with Gasteiger partial charge >= 0.3 is 24.2 Å². The van der Waals surface area contributed by atoms with Crippen molar-refractivity contribution in [1.29, 1.82) is 5.41 Å². The Balaban J connectivity index is 1.75. The highest BCUT2D eigenvalue weighted by atomic mass is 19.4. The highest BCUT2D eigenvalue weighted by Crippen LogP contribution is 2.19. The SMILES string of the molecule is CC(C)(C)OC(=O)N[C@@H](Cc1ccc(C#Cc2ccc3cc(C(=N)N)ccc3c2)cc1)C(=O)OC(=O)C(F)(F)F. The van der Waals surface area contributed by atoms with Crippen LogP contribution in [0.15, 0.2) is 60.7 Å². The van der Waals surface area contributed by atoms with Crippen LogP contribution in [0, 0.1) is 17.3 Å². The first kappa shape index (κ1) is 29.7. The number of alkyl carbamates (subject to hydrolysis) is 1. The molecule has 0 heterocycles. The van der Waals surface area contributed by atoms with Gasteiger partial charge in [0, 0.05) is 23.1 Å². The summed E-state index contributed by atoms with van der Waals surface area (Å²) in [5.74, 6) is 1.76. The van der Waals surface area contributed by atoms with Crippen LogP contribution in [0.1, 0.15) is 43.0 Å². The van der Waals surface area contributed by atoms with E-state index in [0.29, 0.717) is 16.7 Å². The van der Waals surface area contributed by atoms with Crippen molar-refractivity contribution >= 4 is 34.6 Å². The molecule has 0 fully saturated rings. The highest BCUT2D eigenvalue weighted by Gasteiger charge is 2.43. The lowest BCUT2D eigenvalue weighted by Crippen LogP contribution is -2.47. The first-order valence-electron chi connectivity index (χ1n) is 11.9. The molecule has 0 aliphatic rings. The van der Waals surface area contributed by atoms with E-state index in [-0.39, 0.29) is 12.3 Å². The average molecular weight is 554 g/mol. The number of nitrogen functional groups attached to an aromatic ring is 1. The Morgan fingerprint density at radius 3 is 2.10 bits per heavy atom. The Labute approximate surface area is 228 Å². The third-order valence-electron chi connectivity index (χ3n) is 5.30. The molecule has 3 aromatic carbocycles. The maximum atomic E-state index is 12.6. The summed E-state index contributed by atoms with van der Waals surface area (Å²) in [6, 6.07) is 15.8. The molecule has 3 rings (SSSR count). The standard InChI is InChI=1S/C29H26F3N3O5/c1-28(2,3)40-27(38)35-23(25(36)39-26(37)29(30,31)32)15-19-8-5-17(6-9-19)4-7-18-10-11-21-16-22(24(33)34)13-12-20(21)14-18/h5-6,8-14,16,23H,15H2,1-3H3,(H3,33,34)(H,35,38)/t23-/m0/s1. The lowest BCUT2D eigenvalue weighted by Gasteiger charge is -2.23. The predicted molar refractivity (Wildman–Crippen MR) is 141 cm³/mol. The summed E-state index contributed by atoms with van der Waals surface area (Å²) in [6.07, 6.45) is -6.72. The fourth-order valence-electron chi connectivity index (χ4n) is 3.46. The number of halogens is 3. The number of ether oxygens (including phenoxy) is 2. The zero-order chi connectivity index (χ0) is 29.7. The van der Waals surface area contributed by atoms with Crippen molar-refractivity contribution in [2.24, 2.45) is 5.73 Å². The molecule has 3 aromatic rings. The molecule has 0 saturated heterocycles. The molecular weight excluding hydrogens is 527 g/mol. The third-order valence-corrected chi connectivity index (χ3v) is 5.30. The van der Waals surface area contributed by atoms with E-state index < -0.39 is 35.9 Å².